The van der Waals surface area contributed by atoms with Gasteiger partial charge in [0.25, 0.3) is 0 Å². The van der Waals surface area contributed by atoms with Gasteiger partial charge in [-0.25, -0.2) is 4.79 Å². The normalized spacial score (nSPS) is 22.5. The van der Waals surface area contributed by atoms with Crippen LogP contribution in [0, 0.1) is 0 Å². The lowest BCUT2D eigenvalue weighted by Crippen LogP contribution is -2.39. The van der Waals surface area contributed by atoms with Crippen LogP contribution in [-0.4, -0.2) is 41.9 Å². The van der Waals surface area contributed by atoms with E-state index in [0.29, 0.717) is 19.7 Å². The van der Waals surface area contributed by atoms with Crippen molar-refractivity contribution >= 4 is 6.09 Å². The quantitative estimate of drug-likeness (QED) is 0.580. The molecular weight excluding hydrogens is 158 g/mol. The van der Waals surface area contributed by atoms with Crippen LogP contribution in [0.5, 0.6) is 0 Å². The molecule has 4 nitrogen and oxygen atoms in total. The molecule has 0 bridgehead atoms. The van der Waals surface area contributed by atoms with Gasteiger partial charge in [-0.2, -0.15) is 0 Å². The van der Waals surface area contributed by atoms with Crippen molar-refractivity contribution in [2.24, 2.45) is 0 Å². The molecule has 0 aromatic carbocycles. The minimum Gasteiger partial charge on any atom is -0.450 e. The van der Waals surface area contributed by atoms with Crippen molar-refractivity contribution in [1.29, 1.82) is 0 Å². The number of β-amino-alcohol motifs (C(OH)–C–C–N with tert-alkyl or cyclic N) is 1. The lowest BCUT2D eigenvalue weighted by Gasteiger charge is -2.25. The number of aliphatic hydroxyl groups is 1. The Morgan fingerprint density at radius 3 is 3.17 bits per heavy atom. The van der Waals surface area contributed by atoms with Crippen LogP contribution in [0.4, 0.5) is 4.79 Å². The topological polar surface area (TPSA) is 49.8 Å². The van der Waals surface area contributed by atoms with Gasteiger partial charge in [-0.1, -0.05) is 12.2 Å². The van der Waals surface area contributed by atoms with Gasteiger partial charge in [0.1, 0.15) is 0 Å². The van der Waals surface area contributed by atoms with E-state index in [0.717, 1.165) is 0 Å². The highest BCUT2D eigenvalue weighted by Crippen LogP contribution is 2.03. The van der Waals surface area contributed by atoms with E-state index in [1.165, 1.54) is 4.90 Å². The van der Waals surface area contributed by atoms with Crippen LogP contribution in [0.3, 0.4) is 0 Å². The molecule has 0 radical (unpaired) electrons. The summed E-state index contributed by atoms with van der Waals surface area (Å²) < 4.78 is 4.77. The SMILES string of the molecule is CCOC(=O)N1CC=CC(O)C1. The third-order valence-electron chi connectivity index (χ3n) is 1.62. The van der Waals surface area contributed by atoms with Crippen molar-refractivity contribution < 1.29 is 14.6 Å². The lowest BCUT2D eigenvalue weighted by atomic mass is 10.2. The van der Waals surface area contributed by atoms with E-state index in [-0.39, 0.29) is 6.09 Å². The molecule has 1 N–H and O–H groups in total. The van der Waals surface area contributed by atoms with E-state index in [1.54, 1.807) is 19.1 Å². The summed E-state index contributed by atoms with van der Waals surface area (Å²) in [5.74, 6) is 0. The first-order chi connectivity index (χ1) is 5.74. The minimum absolute atomic E-state index is 0.329. The number of hydrogen-bond donors (Lipinski definition) is 1. The van der Waals surface area contributed by atoms with Crippen molar-refractivity contribution in [2.75, 3.05) is 19.7 Å². The summed E-state index contributed by atoms with van der Waals surface area (Å²) in [4.78, 5) is 12.6. The fraction of sp³-hybridized carbons (Fsp3) is 0.625. The van der Waals surface area contributed by atoms with Crippen LogP contribution < -0.4 is 0 Å². The number of rotatable bonds is 1. The van der Waals surface area contributed by atoms with Gasteiger partial charge >= 0.3 is 6.09 Å². The Morgan fingerprint density at radius 1 is 1.83 bits per heavy atom. The zero-order valence-electron chi connectivity index (χ0n) is 7.06. The highest BCUT2D eigenvalue weighted by Gasteiger charge is 2.18. The average Bonchev–Trinajstić information content (AvgIpc) is 2.05. The van der Waals surface area contributed by atoms with E-state index in [9.17, 15) is 4.79 Å². The molecule has 0 aliphatic carbocycles. The first kappa shape index (κ1) is 9.06. The molecule has 0 aromatic heterocycles. The van der Waals surface area contributed by atoms with Gasteiger partial charge in [-0.3, -0.25) is 0 Å². The molecule has 68 valence electrons. The van der Waals surface area contributed by atoms with Gasteiger partial charge < -0.3 is 14.7 Å². The molecule has 0 saturated heterocycles. The van der Waals surface area contributed by atoms with Crippen LogP contribution in [0.2, 0.25) is 0 Å². The molecule has 1 aliphatic rings. The summed E-state index contributed by atoms with van der Waals surface area (Å²) in [6, 6.07) is 0. The number of carbonyl (C=O) groups excluding carboxylic acids is 1. The van der Waals surface area contributed by atoms with Crippen molar-refractivity contribution in [3.05, 3.63) is 12.2 Å². The summed E-state index contributed by atoms with van der Waals surface area (Å²) in [7, 11) is 0. The molecule has 1 rings (SSSR count). The maximum atomic E-state index is 11.1. The first-order valence-electron chi connectivity index (χ1n) is 4.00. The molecule has 12 heavy (non-hydrogen) atoms. The molecular formula is C8H13NO3. The molecule has 1 unspecified atom stereocenters. The highest BCUT2D eigenvalue weighted by molar-refractivity contribution is 5.68. The molecule has 1 aliphatic heterocycles. The Morgan fingerprint density at radius 2 is 2.58 bits per heavy atom. The van der Waals surface area contributed by atoms with E-state index < -0.39 is 6.10 Å². The summed E-state index contributed by atoms with van der Waals surface area (Å²) in [5, 5.41) is 9.16. The second-order valence-corrected chi connectivity index (χ2v) is 2.60. The lowest BCUT2D eigenvalue weighted by molar-refractivity contribution is 0.0879. The molecule has 0 saturated carbocycles. The molecule has 1 amide bonds. The highest BCUT2D eigenvalue weighted by atomic mass is 16.6. The smallest absolute Gasteiger partial charge is 0.410 e. The van der Waals surface area contributed by atoms with Crippen LogP contribution in [0.15, 0.2) is 12.2 Å². The molecule has 0 fully saturated rings. The van der Waals surface area contributed by atoms with Gasteiger partial charge in [-0.05, 0) is 6.92 Å². The second kappa shape index (κ2) is 4.11. The third-order valence-corrected chi connectivity index (χ3v) is 1.62. The average molecular weight is 171 g/mol. The zero-order valence-corrected chi connectivity index (χ0v) is 7.06. The predicted octanol–water partition coefficient (Wildman–Crippen LogP) is 0.376. The second-order valence-electron chi connectivity index (χ2n) is 2.60. The maximum absolute atomic E-state index is 11.1. The number of ether oxygens (including phenoxy) is 1. The van der Waals surface area contributed by atoms with Crippen LogP contribution >= 0.6 is 0 Å². The summed E-state index contributed by atoms with van der Waals surface area (Å²) >= 11 is 0. The van der Waals surface area contributed by atoms with Crippen molar-refractivity contribution in [3.63, 3.8) is 0 Å². The predicted molar refractivity (Wildman–Crippen MR) is 43.7 cm³/mol. The van der Waals surface area contributed by atoms with Gasteiger partial charge in [-0.15, -0.1) is 0 Å². The maximum Gasteiger partial charge on any atom is 0.410 e. The van der Waals surface area contributed by atoms with Gasteiger partial charge in [0.2, 0.25) is 0 Å². The van der Waals surface area contributed by atoms with Crippen LogP contribution in [-0.2, 0) is 4.74 Å². The van der Waals surface area contributed by atoms with Crippen molar-refractivity contribution in [1.82, 2.24) is 4.90 Å². The third kappa shape index (κ3) is 2.23. The van der Waals surface area contributed by atoms with Gasteiger partial charge in [0.15, 0.2) is 0 Å². The van der Waals surface area contributed by atoms with E-state index in [2.05, 4.69) is 0 Å². The van der Waals surface area contributed by atoms with Gasteiger partial charge in [0.05, 0.1) is 19.3 Å². The first-order valence-corrected chi connectivity index (χ1v) is 4.00. The van der Waals surface area contributed by atoms with Crippen molar-refractivity contribution in [3.8, 4) is 0 Å². The Bertz CT molecular complexity index is 191. The Hall–Kier alpha value is -1.03. The molecule has 0 spiro atoms. The number of amides is 1. The number of hydrogen-bond acceptors (Lipinski definition) is 3. The molecule has 0 aromatic rings. The Labute approximate surface area is 71.4 Å². The Kier molecular flexibility index (Phi) is 3.10. The minimum atomic E-state index is -0.553. The number of carbonyl (C=O) groups is 1. The fourth-order valence-electron chi connectivity index (χ4n) is 1.07. The Balaban J connectivity index is 2.43. The van der Waals surface area contributed by atoms with Crippen LogP contribution in [0.1, 0.15) is 6.92 Å². The summed E-state index contributed by atoms with van der Waals surface area (Å²) in [5.41, 5.74) is 0. The van der Waals surface area contributed by atoms with Gasteiger partial charge in [0, 0.05) is 6.54 Å². The molecule has 4 heteroatoms. The molecule has 1 heterocycles. The van der Waals surface area contributed by atoms with E-state index in [4.69, 9.17) is 9.84 Å². The standard InChI is InChI=1S/C8H13NO3/c1-2-12-8(11)9-5-3-4-7(10)6-9/h3-4,7,10H,2,5-6H2,1H3. The summed E-state index contributed by atoms with van der Waals surface area (Å²) in [6.45, 7) is 2.98. The summed E-state index contributed by atoms with van der Waals surface area (Å²) in [6.07, 6.45) is 2.52. The fourth-order valence-corrected chi connectivity index (χ4v) is 1.07. The van der Waals surface area contributed by atoms with Crippen LogP contribution in [0.25, 0.3) is 0 Å². The molecule has 1 atom stereocenters. The number of nitrogens with zero attached hydrogens (tertiary/aromatic N) is 1. The largest absolute Gasteiger partial charge is 0.450 e. The zero-order chi connectivity index (χ0) is 8.97. The van der Waals surface area contributed by atoms with Crippen molar-refractivity contribution in [2.45, 2.75) is 13.0 Å². The monoisotopic (exact) mass is 171 g/mol. The van der Waals surface area contributed by atoms with E-state index >= 15 is 0 Å². The number of aliphatic hydroxyl groups excluding tert-OH is 1. The van der Waals surface area contributed by atoms with E-state index in [1.807, 2.05) is 0 Å².